The minimum absolute atomic E-state index is 0.0926. The number of aliphatic hydroxyl groups excluding tert-OH is 1. The van der Waals surface area contributed by atoms with Gasteiger partial charge in [0.1, 0.15) is 5.82 Å². The molecule has 2 aromatic rings. The van der Waals surface area contributed by atoms with Crippen LogP contribution in [-0.4, -0.2) is 30.6 Å². The Morgan fingerprint density at radius 1 is 1.28 bits per heavy atom. The van der Waals surface area contributed by atoms with Crippen molar-refractivity contribution in [2.24, 2.45) is 5.92 Å². The van der Waals surface area contributed by atoms with Gasteiger partial charge in [0.25, 0.3) is 0 Å². The van der Waals surface area contributed by atoms with E-state index in [9.17, 15) is 14.3 Å². The van der Waals surface area contributed by atoms with Crippen LogP contribution in [0.25, 0.3) is 0 Å². The van der Waals surface area contributed by atoms with Crippen molar-refractivity contribution < 1.29 is 14.3 Å². The second-order valence-electron chi connectivity index (χ2n) is 6.55. The molecule has 2 aromatic carbocycles. The maximum Gasteiger partial charge on any atom is 0.225 e. The first-order valence-corrected chi connectivity index (χ1v) is 8.56. The molecular weight excluding hydrogens is 319 g/mol. The van der Waals surface area contributed by atoms with Crippen LogP contribution in [0.3, 0.4) is 0 Å². The molecule has 1 saturated heterocycles. The van der Waals surface area contributed by atoms with Crippen molar-refractivity contribution >= 4 is 11.6 Å². The molecule has 0 spiro atoms. The number of hydrogen-bond donors (Lipinski definition) is 2. The van der Waals surface area contributed by atoms with Crippen molar-refractivity contribution in [3.05, 3.63) is 65.5 Å². The second-order valence-corrected chi connectivity index (χ2v) is 6.55. The number of anilines is 1. The Labute approximate surface area is 147 Å². The van der Waals surface area contributed by atoms with E-state index in [4.69, 9.17) is 0 Å². The van der Waals surface area contributed by atoms with Crippen LogP contribution in [0.5, 0.6) is 0 Å². The number of para-hydroxylation sites is 1. The molecular formula is C20H23FN2O2. The first-order valence-electron chi connectivity index (χ1n) is 8.56. The molecule has 1 aliphatic heterocycles. The fourth-order valence-corrected chi connectivity index (χ4v) is 3.15. The Morgan fingerprint density at radius 3 is 2.72 bits per heavy atom. The number of benzene rings is 2. The third-order valence-corrected chi connectivity index (χ3v) is 4.68. The lowest BCUT2D eigenvalue weighted by Crippen LogP contribution is -2.35. The molecule has 3 rings (SSSR count). The van der Waals surface area contributed by atoms with E-state index in [-0.39, 0.29) is 24.2 Å². The molecule has 132 valence electrons. The van der Waals surface area contributed by atoms with Gasteiger partial charge < -0.3 is 15.3 Å². The van der Waals surface area contributed by atoms with Crippen molar-refractivity contribution in [3.63, 3.8) is 0 Å². The lowest BCUT2D eigenvalue weighted by molar-refractivity contribution is -0.124. The topological polar surface area (TPSA) is 52.6 Å². The van der Waals surface area contributed by atoms with Crippen LogP contribution < -0.4 is 10.2 Å². The average Bonchev–Trinajstić information content (AvgIpc) is 3.10. The molecule has 5 heteroatoms. The van der Waals surface area contributed by atoms with E-state index < -0.39 is 6.10 Å². The van der Waals surface area contributed by atoms with E-state index in [0.29, 0.717) is 25.2 Å². The van der Waals surface area contributed by atoms with E-state index in [1.165, 1.54) is 6.07 Å². The first-order chi connectivity index (χ1) is 12.0. The molecule has 0 aliphatic carbocycles. The maximum atomic E-state index is 13.9. The van der Waals surface area contributed by atoms with Gasteiger partial charge >= 0.3 is 0 Å². The summed E-state index contributed by atoms with van der Waals surface area (Å²) in [6.07, 6.45) is -0.0468. The second kappa shape index (κ2) is 7.66. The third-order valence-electron chi connectivity index (χ3n) is 4.68. The molecule has 0 bridgehead atoms. The number of halogens is 1. The summed E-state index contributed by atoms with van der Waals surface area (Å²) in [5.41, 5.74) is 2.45. The zero-order valence-electron chi connectivity index (χ0n) is 14.3. The van der Waals surface area contributed by atoms with Gasteiger partial charge in [0, 0.05) is 19.6 Å². The van der Waals surface area contributed by atoms with Gasteiger partial charge in [-0.15, -0.1) is 0 Å². The van der Waals surface area contributed by atoms with E-state index in [2.05, 4.69) is 5.32 Å². The highest BCUT2D eigenvalue weighted by atomic mass is 19.1. The lowest BCUT2D eigenvalue weighted by atomic mass is 10.1. The molecule has 1 unspecified atom stereocenters. The van der Waals surface area contributed by atoms with E-state index in [0.717, 1.165) is 11.1 Å². The van der Waals surface area contributed by atoms with Gasteiger partial charge in [0.05, 0.1) is 17.7 Å². The largest absolute Gasteiger partial charge is 0.387 e. The minimum Gasteiger partial charge on any atom is -0.387 e. The van der Waals surface area contributed by atoms with Gasteiger partial charge in [-0.05, 0) is 31.0 Å². The van der Waals surface area contributed by atoms with Crippen LogP contribution in [-0.2, 0) is 4.79 Å². The Kier molecular flexibility index (Phi) is 5.34. The fraction of sp³-hybridized carbons (Fsp3) is 0.350. The summed E-state index contributed by atoms with van der Waals surface area (Å²) in [7, 11) is 0. The molecule has 2 atom stereocenters. The number of carbonyl (C=O) groups is 1. The van der Waals surface area contributed by atoms with Gasteiger partial charge in [0.15, 0.2) is 0 Å². The molecule has 1 heterocycles. The predicted octanol–water partition coefficient (Wildman–Crippen LogP) is 2.81. The highest BCUT2D eigenvalue weighted by Gasteiger charge is 2.29. The molecule has 1 aliphatic rings. The molecule has 0 saturated carbocycles. The van der Waals surface area contributed by atoms with Crippen LogP contribution >= 0.6 is 0 Å². The summed E-state index contributed by atoms with van der Waals surface area (Å²) >= 11 is 0. The van der Waals surface area contributed by atoms with Gasteiger partial charge in [-0.2, -0.15) is 0 Å². The Morgan fingerprint density at radius 2 is 2.00 bits per heavy atom. The van der Waals surface area contributed by atoms with Crippen molar-refractivity contribution in [3.8, 4) is 0 Å². The normalized spacial score (nSPS) is 18.2. The highest BCUT2D eigenvalue weighted by Crippen LogP contribution is 2.26. The lowest BCUT2D eigenvalue weighted by Gasteiger charge is -2.19. The third kappa shape index (κ3) is 4.17. The molecule has 1 fully saturated rings. The number of nitrogens with one attached hydrogen (secondary N) is 1. The number of rotatable bonds is 5. The molecule has 2 N–H and O–H groups in total. The zero-order valence-corrected chi connectivity index (χ0v) is 14.3. The summed E-state index contributed by atoms with van der Waals surface area (Å²) in [5.74, 6) is -0.548. The predicted molar refractivity (Wildman–Crippen MR) is 95.9 cm³/mol. The summed E-state index contributed by atoms with van der Waals surface area (Å²) in [4.78, 5) is 14.3. The minimum atomic E-state index is -0.728. The van der Waals surface area contributed by atoms with Gasteiger partial charge in [0.2, 0.25) is 5.91 Å². The number of carbonyl (C=O) groups excluding carboxylic acids is 1. The van der Waals surface area contributed by atoms with Crippen LogP contribution in [0.15, 0.2) is 48.5 Å². The molecule has 4 nitrogen and oxygen atoms in total. The standard InChI is InChI=1S/C20H23FN2O2/c1-14-6-8-15(9-7-14)19(24)12-22-20(25)16-10-11-23(13-16)18-5-3-2-4-17(18)21/h2-9,16,19,24H,10-13H2,1H3,(H,22,25)/t16?,19-/m0/s1. The Hall–Kier alpha value is -2.40. The summed E-state index contributed by atoms with van der Waals surface area (Å²) < 4.78 is 13.9. The number of hydrogen-bond acceptors (Lipinski definition) is 3. The quantitative estimate of drug-likeness (QED) is 0.878. The van der Waals surface area contributed by atoms with Crippen molar-refractivity contribution in [1.29, 1.82) is 0 Å². The van der Waals surface area contributed by atoms with Crippen LogP contribution in [0.1, 0.15) is 23.7 Å². The van der Waals surface area contributed by atoms with Crippen LogP contribution in [0, 0.1) is 18.7 Å². The van der Waals surface area contributed by atoms with Gasteiger partial charge in [-0.1, -0.05) is 42.0 Å². The average molecular weight is 342 g/mol. The van der Waals surface area contributed by atoms with E-state index in [1.54, 1.807) is 18.2 Å². The van der Waals surface area contributed by atoms with E-state index >= 15 is 0 Å². The monoisotopic (exact) mass is 342 g/mol. The Balaban J connectivity index is 1.52. The molecule has 0 aromatic heterocycles. The number of nitrogens with zero attached hydrogens (tertiary/aromatic N) is 1. The van der Waals surface area contributed by atoms with Crippen LogP contribution in [0.4, 0.5) is 10.1 Å². The summed E-state index contributed by atoms with van der Waals surface area (Å²) in [6, 6.07) is 14.2. The van der Waals surface area contributed by atoms with Gasteiger partial charge in [-0.25, -0.2) is 4.39 Å². The van der Waals surface area contributed by atoms with Crippen molar-refractivity contribution in [2.75, 3.05) is 24.5 Å². The molecule has 0 radical (unpaired) electrons. The molecule has 25 heavy (non-hydrogen) atoms. The van der Waals surface area contributed by atoms with Crippen molar-refractivity contribution in [2.45, 2.75) is 19.4 Å². The van der Waals surface area contributed by atoms with Crippen molar-refractivity contribution in [1.82, 2.24) is 5.32 Å². The van der Waals surface area contributed by atoms with E-state index in [1.807, 2.05) is 36.1 Å². The summed E-state index contributed by atoms with van der Waals surface area (Å²) in [6.45, 7) is 3.31. The number of aliphatic hydroxyl groups is 1. The van der Waals surface area contributed by atoms with Crippen LogP contribution in [0.2, 0.25) is 0 Å². The number of amides is 1. The highest BCUT2D eigenvalue weighted by molar-refractivity contribution is 5.80. The first kappa shape index (κ1) is 17.4. The fourth-order valence-electron chi connectivity index (χ4n) is 3.15. The number of aryl methyl sites for hydroxylation is 1. The summed E-state index contributed by atoms with van der Waals surface area (Å²) in [5, 5.41) is 13.0. The Bertz CT molecular complexity index is 733. The maximum absolute atomic E-state index is 13.9. The smallest absolute Gasteiger partial charge is 0.225 e. The van der Waals surface area contributed by atoms with Gasteiger partial charge in [-0.3, -0.25) is 4.79 Å². The zero-order chi connectivity index (χ0) is 17.8. The molecule has 1 amide bonds. The SMILES string of the molecule is Cc1ccc([C@@H](O)CNC(=O)C2CCN(c3ccccc3F)C2)cc1.